The Morgan fingerprint density at radius 2 is 1.84 bits per heavy atom. The Kier molecular flexibility index (Phi) is 6.30. The molecule has 4 aromatic heterocycles. The minimum Gasteiger partial charge on any atom is -0.383 e. The molecule has 0 atom stereocenters. The normalized spacial score (nSPS) is 11.6. The molecule has 0 fully saturated rings. The molecule has 0 aliphatic heterocycles. The number of aromatic nitrogens is 6. The minimum absolute atomic E-state index is 0.0194. The number of rotatable bonds is 7. The highest BCUT2D eigenvalue weighted by Gasteiger charge is 2.39. The molecule has 188 valence electrons. The fourth-order valence-electron chi connectivity index (χ4n) is 3.91. The maximum absolute atomic E-state index is 13.7. The zero-order valence-electron chi connectivity index (χ0n) is 19.4. The third-order valence-corrected chi connectivity index (χ3v) is 5.70. The molecule has 37 heavy (non-hydrogen) atoms. The van der Waals surface area contributed by atoms with Gasteiger partial charge in [0.15, 0.2) is 5.69 Å². The van der Waals surface area contributed by atoms with Crippen LogP contribution < -0.4 is 11.1 Å². The largest absolute Gasteiger partial charge is 0.435 e. The van der Waals surface area contributed by atoms with E-state index < -0.39 is 23.3 Å². The summed E-state index contributed by atoms with van der Waals surface area (Å²) in [5.41, 5.74) is 6.14. The maximum Gasteiger partial charge on any atom is 0.435 e. The zero-order valence-corrected chi connectivity index (χ0v) is 19.4. The molecule has 0 saturated heterocycles. The van der Waals surface area contributed by atoms with E-state index in [0.717, 1.165) is 27.3 Å². The van der Waals surface area contributed by atoms with E-state index in [4.69, 9.17) is 5.73 Å². The van der Waals surface area contributed by atoms with Crippen molar-refractivity contribution in [3.05, 3.63) is 102 Å². The topological polar surface area (TPSA) is 117 Å². The minimum atomic E-state index is -4.79. The lowest BCUT2D eigenvalue weighted by molar-refractivity contribution is -0.141. The molecule has 0 saturated carbocycles. The van der Waals surface area contributed by atoms with Gasteiger partial charge in [-0.15, -0.1) is 0 Å². The van der Waals surface area contributed by atoms with Crippen LogP contribution in [-0.2, 0) is 25.8 Å². The number of amides is 1. The van der Waals surface area contributed by atoms with Gasteiger partial charge in [-0.2, -0.15) is 23.4 Å². The second-order valence-corrected chi connectivity index (χ2v) is 8.38. The first-order valence-electron chi connectivity index (χ1n) is 11.2. The first kappa shape index (κ1) is 24.0. The van der Waals surface area contributed by atoms with Crippen LogP contribution in [0.25, 0.3) is 10.8 Å². The average molecular weight is 506 g/mol. The van der Waals surface area contributed by atoms with E-state index in [1.807, 2.05) is 0 Å². The number of halogens is 3. The van der Waals surface area contributed by atoms with Crippen molar-refractivity contribution in [2.45, 2.75) is 25.8 Å². The molecule has 0 bridgehead atoms. The Bertz CT molecular complexity index is 1540. The van der Waals surface area contributed by atoms with Gasteiger partial charge < -0.3 is 11.1 Å². The highest BCUT2D eigenvalue weighted by atomic mass is 19.4. The lowest BCUT2D eigenvalue weighted by Gasteiger charge is -2.08. The molecule has 3 N–H and O–H groups in total. The molecule has 0 unspecified atom stereocenters. The maximum atomic E-state index is 13.7. The smallest absolute Gasteiger partial charge is 0.383 e. The van der Waals surface area contributed by atoms with Gasteiger partial charge in [0.25, 0.3) is 5.91 Å². The van der Waals surface area contributed by atoms with E-state index in [0.29, 0.717) is 23.5 Å². The van der Waals surface area contributed by atoms with Crippen LogP contribution >= 0.6 is 0 Å². The summed E-state index contributed by atoms with van der Waals surface area (Å²) in [6.45, 7) is 0.520. The second-order valence-electron chi connectivity index (χ2n) is 8.38. The molecule has 0 spiro atoms. The highest BCUT2D eigenvalue weighted by Crippen LogP contribution is 2.31. The lowest BCUT2D eigenvalue weighted by atomic mass is 10.1. The summed E-state index contributed by atoms with van der Waals surface area (Å²) in [4.78, 5) is 21.1. The molecule has 1 aromatic carbocycles. The fourth-order valence-corrected chi connectivity index (χ4v) is 3.91. The number of carbonyl (C=O) groups excluding carboxylic acids is 1. The molecule has 5 aromatic rings. The van der Waals surface area contributed by atoms with Gasteiger partial charge in [0, 0.05) is 42.9 Å². The second kappa shape index (κ2) is 9.72. The van der Waals surface area contributed by atoms with Crippen molar-refractivity contribution in [2.75, 3.05) is 5.73 Å². The summed E-state index contributed by atoms with van der Waals surface area (Å²) in [5.74, 6) is -0.501. The number of nitrogens with one attached hydrogen (secondary N) is 1. The van der Waals surface area contributed by atoms with Gasteiger partial charge in [0.2, 0.25) is 0 Å². The van der Waals surface area contributed by atoms with E-state index in [1.165, 1.54) is 0 Å². The van der Waals surface area contributed by atoms with Crippen molar-refractivity contribution >= 4 is 22.5 Å². The van der Waals surface area contributed by atoms with E-state index >= 15 is 0 Å². The third kappa shape index (κ3) is 5.42. The number of alkyl halides is 3. The van der Waals surface area contributed by atoms with Gasteiger partial charge in [-0.05, 0) is 40.8 Å². The Hall–Kier alpha value is -4.74. The zero-order chi connectivity index (χ0) is 26.0. The summed E-state index contributed by atoms with van der Waals surface area (Å²) in [6.07, 6.45) is 2.90. The van der Waals surface area contributed by atoms with E-state index in [9.17, 15) is 18.0 Å². The van der Waals surface area contributed by atoms with Crippen LogP contribution in [0.1, 0.15) is 32.9 Å². The van der Waals surface area contributed by atoms with Gasteiger partial charge in [-0.3, -0.25) is 19.1 Å². The van der Waals surface area contributed by atoms with Crippen molar-refractivity contribution in [3.8, 4) is 0 Å². The van der Waals surface area contributed by atoms with Gasteiger partial charge in [0.1, 0.15) is 5.82 Å². The van der Waals surface area contributed by atoms with E-state index in [-0.39, 0.29) is 13.1 Å². The number of nitrogens with two attached hydrogens (primary N) is 1. The Labute approximate surface area is 208 Å². The van der Waals surface area contributed by atoms with Crippen molar-refractivity contribution in [2.24, 2.45) is 0 Å². The molecule has 0 aliphatic carbocycles. The third-order valence-electron chi connectivity index (χ3n) is 5.70. The lowest BCUT2D eigenvalue weighted by Crippen LogP contribution is -2.25. The first-order chi connectivity index (χ1) is 17.8. The van der Waals surface area contributed by atoms with Crippen molar-refractivity contribution in [1.29, 1.82) is 0 Å². The number of nitrogens with zero attached hydrogens (tertiary/aromatic N) is 6. The van der Waals surface area contributed by atoms with Crippen LogP contribution in [0.4, 0.5) is 19.0 Å². The quantitative estimate of drug-likeness (QED) is 0.348. The van der Waals surface area contributed by atoms with Gasteiger partial charge in [-0.1, -0.05) is 18.2 Å². The van der Waals surface area contributed by atoms with Crippen molar-refractivity contribution in [1.82, 2.24) is 34.8 Å². The molecular weight excluding hydrogens is 485 g/mol. The van der Waals surface area contributed by atoms with Crippen molar-refractivity contribution in [3.63, 3.8) is 0 Å². The van der Waals surface area contributed by atoms with Gasteiger partial charge >= 0.3 is 6.18 Å². The van der Waals surface area contributed by atoms with Gasteiger partial charge in [0.05, 0.1) is 24.3 Å². The van der Waals surface area contributed by atoms with Crippen molar-refractivity contribution < 1.29 is 18.0 Å². The summed E-state index contributed by atoms with van der Waals surface area (Å²) in [7, 11) is 0. The number of fused-ring (bicyclic) bond motifs is 1. The van der Waals surface area contributed by atoms with Crippen LogP contribution in [0.5, 0.6) is 0 Å². The average Bonchev–Trinajstić information content (AvgIpc) is 3.54. The number of carbonyl (C=O) groups is 1. The molecule has 0 radical (unpaired) electrons. The van der Waals surface area contributed by atoms with Crippen LogP contribution in [0.15, 0.2) is 73.4 Å². The molecular formula is C25H21F3N8O. The summed E-state index contributed by atoms with van der Waals surface area (Å²) in [5, 5.41) is 11.9. The number of hydrogen-bond donors (Lipinski definition) is 2. The van der Waals surface area contributed by atoms with Crippen LogP contribution in [0, 0.1) is 0 Å². The summed E-state index contributed by atoms with van der Waals surface area (Å²) < 4.78 is 43.8. The summed E-state index contributed by atoms with van der Waals surface area (Å²) >= 11 is 0. The first-order valence-corrected chi connectivity index (χ1v) is 11.2. The number of nitrogen functional groups attached to an aromatic ring is 1. The van der Waals surface area contributed by atoms with Crippen LogP contribution in [0.2, 0.25) is 0 Å². The predicted molar refractivity (Wildman–Crippen MR) is 129 cm³/mol. The molecule has 12 heteroatoms. The van der Waals surface area contributed by atoms with Crippen LogP contribution in [-0.4, -0.2) is 35.4 Å². The van der Waals surface area contributed by atoms with Gasteiger partial charge in [-0.25, -0.2) is 4.98 Å². The molecule has 9 nitrogen and oxygen atoms in total. The molecule has 5 rings (SSSR count). The number of pyridine rings is 2. The monoisotopic (exact) mass is 506 g/mol. The number of benzene rings is 1. The fraction of sp³-hybridized carbons (Fsp3) is 0.160. The Morgan fingerprint density at radius 1 is 1.00 bits per heavy atom. The Morgan fingerprint density at radius 3 is 2.57 bits per heavy atom. The van der Waals surface area contributed by atoms with Crippen LogP contribution in [0.3, 0.4) is 0 Å². The van der Waals surface area contributed by atoms with E-state index in [2.05, 4.69) is 25.5 Å². The molecule has 4 heterocycles. The number of anilines is 1. The Balaban J connectivity index is 1.30. The van der Waals surface area contributed by atoms with E-state index in [1.54, 1.807) is 71.9 Å². The molecule has 1 amide bonds. The number of hydrogen-bond acceptors (Lipinski definition) is 6. The highest BCUT2D eigenvalue weighted by molar-refractivity contribution is 5.95. The summed E-state index contributed by atoms with van der Waals surface area (Å²) in [6, 6.07) is 12.4. The standard InChI is InChI=1S/C25H21F3N8O/c26-25(27,28)22-21(24(37)32-11-16-3-5-20-18(10-16)6-8-30-23(20)29)15-36(34-22)13-17-2-4-19(31-12-17)14-35-9-1-7-33-35/h1-10,12,15H,11,13-14H2,(H2,29,30)(H,32,37). The molecule has 0 aliphatic rings. The SMILES string of the molecule is Nc1nccc2cc(CNC(=O)c3cn(Cc4ccc(Cn5cccn5)nc4)nc3C(F)(F)F)ccc12. The predicted octanol–water partition coefficient (Wildman–Crippen LogP) is 3.65.